The predicted octanol–water partition coefficient (Wildman–Crippen LogP) is 0.941. The van der Waals surface area contributed by atoms with Crippen molar-refractivity contribution >= 4 is 17.9 Å². The van der Waals surface area contributed by atoms with Gasteiger partial charge in [-0.1, -0.05) is 19.3 Å². The van der Waals surface area contributed by atoms with Crippen LogP contribution in [-0.4, -0.2) is 54.1 Å². The van der Waals surface area contributed by atoms with Crippen LogP contribution in [0.2, 0.25) is 0 Å². The molecule has 1 fully saturated rings. The third-order valence-corrected chi connectivity index (χ3v) is 4.19. The predicted molar refractivity (Wildman–Crippen MR) is 77.9 cm³/mol. The van der Waals surface area contributed by atoms with Crippen molar-refractivity contribution in [3.8, 4) is 0 Å². The molecule has 0 aromatic rings. The zero-order valence-corrected chi connectivity index (χ0v) is 12.8. The van der Waals surface area contributed by atoms with Crippen LogP contribution in [-0.2, 0) is 9.59 Å². The van der Waals surface area contributed by atoms with Crippen molar-refractivity contribution in [1.82, 2.24) is 15.5 Å². The smallest absolute Gasteiger partial charge is 0.317 e. The van der Waals surface area contributed by atoms with Gasteiger partial charge in [0, 0.05) is 27.1 Å². The second kappa shape index (κ2) is 7.85. The summed E-state index contributed by atoms with van der Waals surface area (Å²) in [6, 6.07) is -0.318. The van der Waals surface area contributed by atoms with E-state index in [0.29, 0.717) is 12.8 Å². The Hall–Kier alpha value is -1.79. The van der Waals surface area contributed by atoms with E-state index < -0.39 is 11.5 Å². The monoisotopic (exact) mass is 299 g/mol. The summed E-state index contributed by atoms with van der Waals surface area (Å²) in [6.07, 6.45) is 4.53. The average molecular weight is 299 g/mol. The van der Waals surface area contributed by atoms with E-state index in [4.69, 9.17) is 5.11 Å². The van der Waals surface area contributed by atoms with Crippen LogP contribution in [0.15, 0.2) is 0 Å². The van der Waals surface area contributed by atoms with Crippen molar-refractivity contribution in [2.75, 3.05) is 20.6 Å². The van der Waals surface area contributed by atoms with Gasteiger partial charge in [-0.25, -0.2) is 4.79 Å². The van der Waals surface area contributed by atoms with E-state index in [9.17, 15) is 14.4 Å². The molecule has 0 saturated heterocycles. The number of aliphatic carboxylic acids is 1. The number of carboxylic acids is 1. The summed E-state index contributed by atoms with van der Waals surface area (Å²) in [4.78, 5) is 36.0. The first-order valence-corrected chi connectivity index (χ1v) is 7.35. The molecule has 0 aromatic carbocycles. The maximum Gasteiger partial charge on any atom is 0.317 e. The lowest BCUT2D eigenvalue weighted by molar-refractivity contribution is -0.140. The minimum atomic E-state index is -0.887. The number of hydrogen-bond donors (Lipinski definition) is 3. The van der Waals surface area contributed by atoms with Crippen molar-refractivity contribution in [3.05, 3.63) is 0 Å². The molecular formula is C14H25N3O4. The van der Waals surface area contributed by atoms with E-state index in [1.54, 1.807) is 14.1 Å². The molecular weight excluding hydrogens is 274 g/mol. The molecule has 21 heavy (non-hydrogen) atoms. The van der Waals surface area contributed by atoms with Gasteiger partial charge in [0.15, 0.2) is 0 Å². The van der Waals surface area contributed by atoms with Gasteiger partial charge in [0.05, 0.1) is 12.0 Å². The Labute approximate surface area is 125 Å². The topological polar surface area (TPSA) is 98.7 Å². The van der Waals surface area contributed by atoms with Gasteiger partial charge in [0.1, 0.15) is 0 Å². The van der Waals surface area contributed by atoms with E-state index in [1.807, 2.05) is 0 Å². The summed E-state index contributed by atoms with van der Waals surface area (Å²) in [6.45, 7) is 0.242. The summed E-state index contributed by atoms with van der Waals surface area (Å²) in [5.74, 6) is -1.03. The summed E-state index contributed by atoms with van der Waals surface area (Å²) in [7, 11) is 3.18. The van der Waals surface area contributed by atoms with Crippen LogP contribution < -0.4 is 10.6 Å². The van der Waals surface area contributed by atoms with Gasteiger partial charge in [0.25, 0.3) is 0 Å². The van der Waals surface area contributed by atoms with Crippen molar-refractivity contribution < 1.29 is 19.5 Å². The molecule has 7 nitrogen and oxygen atoms in total. The van der Waals surface area contributed by atoms with Gasteiger partial charge >= 0.3 is 12.0 Å². The molecule has 1 aliphatic carbocycles. The quantitative estimate of drug-likeness (QED) is 0.679. The van der Waals surface area contributed by atoms with Gasteiger partial charge in [-0.05, 0) is 12.8 Å². The number of rotatable bonds is 6. The zero-order chi connectivity index (χ0) is 15.9. The number of nitrogens with zero attached hydrogens (tertiary/aromatic N) is 1. The first-order valence-electron chi connectivity index (χ1n) is 7.35. The third kappa shape index (κ3) is 4.91. The Morgan fingerprint density at radius 1 is 1.19 bits per heavy atom. The second-order valence-electron chi connectivity index (χ2n) is 5.57. The van der Waals surface area contributed by atoms with Crippen LogP contribution in [0.3, 0.4) is 0 Å². The second-order valence-corrected chi connectivity index (χ2v) is 5.57. The molecule has 1 aliphatic rings. The Kier molecular flexibility index (Phi) is 6.45. The van der Waals surface area contributed by atoms with Gasteiger partial charge in [-0.15, -0.1) is 0 Å². The first-order chi connectivity index (χ1) is 9.91. The van der Waals surface area contributed by atoms with Crippen molar-refractivity contribution in [2.45, 2.75) is 50.5 Å². The molecule has 7 heteroatoms. The van der Waals surface area contributed by atoms with E-state index in [2.05, 4.69) is 10.6 Å². The lowest BCUT2D eigenvalue weighted by Gasteiger charge is -2.43. The number of amides is 3. The minimum absolute atomic E-state index is 0.0354. The Morgan fingerprint density at radius 2 is 1.81 bits per heavy atom. The SMILES string of the molecule is CNC(=O)CCNC(=O)N(C)C1(CC(=O)O)CCCCC1. The molecule has 0 bridgehead atoms. The van der Waals surface area contributed by atoms with E-state index in [0.717, 1.165) is 19.3 Å². The highest BCUT2D eigenvalue weighted by Gasteiger charge is 2.40. The highest BCUT2D eigenvalue weighted by Crippen LogP contribution is 2.35. The van der Waals surface area contributed by atoms with Gasteiger partial charge in [-0.2, -0.15) is 0 Å². The van der Waals surface area contributed by atoms with Crippen LogP contribution >= 0.6 is 0 Å². The number of urea groups is 1. The number of carbonyl (C=O) groups is 3. The molecule has 0 spiro atoms. The molecule has 3 amide bonds. The third-order valence-electron chi connectivity index (χ3n) is 4.19. The van der Waals surface area contributed by atoms with Gasteiger partial charge in [0.2, 0.25) is 5.91 Å². The van der Waals surface area contributed by atoms with Crippen LogP contribution in [0.4, 0.5) is 4.79 Å². The largest absolute Gasteiger partial charge is 0.481 e. The fraction of sp³-hybridized carbons (Fsp3) is 0.786. The van der Waals surface area contributed by atoms with E-state index in [1.165, 1.54) is 4.90 Å². The number of nitrogens with one attached hydrogen (secondary N) is 2. The summed E-state index contributed by atoms with van der Waals surface area (Å²) >= 11 is 0. The van der Waals surface area contributed by atoms with Crippen LogP contribution in [0.1, 0.15) is 44.9 Å². The van der Waals surface area contributed by atoms with Crippen molar-refractivity contribution in [1.29, 1.82) is 0 Å². The van der Waals surface area contributed by atoms with Gasteiger partial charge < -0.3 is 20.6 Å². The van der Waals surface area contributed by atoms with Crippen LogP contribution in [0, 0.1) is 0 Å². The van der Waals surface area contributed by atoms with Crippen molar-refractivity contribution in [3.63, 3.8) is 0 Å². The lowest BCUT2D eigenvalue weighted by atomic mass is 9.78. The van der Waals surface area contributed by atoms with E-state index >= 15 is 0 Å². The van der Waals surface area contributed by atoms with Crippen LogP contribution in [0.5, 0.6) is 0 Å². The summed E-state index contributed by atoms with van der Waals surface area (Å²) < 4.78 is 0. The number of carboxylic acid groups (broad SMARTS) is 1. The summed E-state index contributed by atoms with van der Waals surface area (Å²) in [5.41, 5.74) is -0.610. The molecule has 0 radical (unpaired) electrons. The van der Waals surface area contributed by atoms with Gasteiger partial charge in [-0.3, -0.25) is 9.59 Å². The maximum atomic E-state index is 12.2. The Balaban J connectivity index is 2.62. The summed E-state index contributed by atoms with van der Waals surface area (Å²) in [5, 5.41) is 14.3. The highest BCUT2D eigenvalue weighted by molar-refractivity contribution is 5.79. The van der Waals surface area contributed by atoms with E-state index in [-0.39, 0.29) is 31.3 Å². The lowest BCUT2D eigenvalue weighted by Crippen LogP contribution is -2.55. The maximum absolute atomic E-state index is 12.2. The number of hydrogen-bond acceptors (Lipinski definition) is 3. The fourth-order valence-corrected chi connectivity index (χ4v) is 2.86. The molecule has 0 aromatic heterocycles. The molecule has 120 valence electrons. The fourth-order valence-electron chi connectivity index (χ4n) is 2.86. The highest BCUT2D eigenvalue weighted by atomic mass is 16.4. The van der Waals surface area contributed by atoms with Crippen LogP contribution in [0.25, 0.3) is 0 Å². The Bertz CT molecular complexity index is 392. The average Bonchev–Trinajstić information content (AvgIpc) is 2.46. The molecule has 1 saturated carbocycles. The number of carbonyl (C=O) groups excluding carboxylic acids is 2. The zero-order valence-electron chi connectivity index (χ0n) is 12.8. The minimum Gasteiger partial charge on any atom is -0.481 e. The molecule has 0 heterocycles. The molecule has 0 atom stereocenters. The standard InChI is InChI=1S/C14H25N3O4/c1-15-11(18)6-9-16-13(21)17(2)14(10-12(19)20)7-4-3-5-8-14/h3-10H2,1-2H3,(H,15,18)(H,16,21)(H,19,20). The Morgan fingerprint density at radius 3 is 2.33 bits per heavy atom. The molecule has 0 aliphatic heterocycles. The molecule has 0 unspecified atom stereocenters. The van der Waals surface area contributed by atoms with Crippen molar-refractivity contribution in [2.24, 2.45) is 0 Å². The normalized spacial score (nSPS) is 16.9. The first kappa shape index (κ1) is 17.3. The molecule has 1 rings (SSSR count). The molecule has 3 N–H and O–H groups in total.